The molecule has 3 N–H and O–H groups in total. The predicted molar refractivity (Wildman–Crippen MR) is 87.6 cm³/mol. The van der Waals surface area contributed by atoms with Gasteiger partial charge in [0.05, 0.1) is 4.90 Å². The largest absolute Gasteiger partial charge is 0.389 e. The Morgan fingerprint density at radius 3 is 2.45 bits per heavy atom. The molecule has 110 valence electrons. The number of thioether (sulfide) groups is 1. The fourth-order valence-electron chi connectivity index (χ4n) is 2.06. The quantitative estimate of drug-likeness (QED) is 0.805. The van der Waals surface area contributed by atoms with Crippen LogP contribution in [-0.2, 0) is 10.0 Å². The van der Waals surface area contributed by atoms with Gasteiger partial charge in [0.1, 0.15) is 4.99 Å². The molecule has 0 amide bonds. The molecule has 0 unspecified atom stereocenters. The lowest BCUT2D eigenvalue weighted by Crippen LogP contribution is -2.31. The molecule has 1 aliphatic rings. The molecule has 4 nitrogen and oxygen atoms in total. The number of hydrogen-bond donors (Lipinski definition) is 2. The summed E-state index contributed by atoms with van der Waals surface area (Å²) in [7, 11) is -3.44. The van der Waals surface area contributed by atoms with Crippen molar-refractivity contribution in [3.8, 4) is 0 Å². The van der Waals surface area contributed by atoms with Crippen LogP contribution in [0.4, 0.5) is 0 Å². The molecule has 1 aromatic carbocycles. The second kappa shape index (κ2) is 6.89. The standard InChI is InChI=1S/C13H18N2O2S3/c14-13(18)11-1-3-12(4-2-11)20(16,17)15-9-10-5-7-19-8-6-10/h1-4,10,15H,5-9H2,(H2,14,18). The molecule has 0 atom stereocenters. The van der Waals surface area contributed by atoms with Gasteiger partial charge in [0.15, 0.2) is 0 Å². The van der Waals surface area contributed by atoms with Gasteiger partial charge in [-0.05, 0) is 42.4 Å². The molecule has 1 aliphatic heterocycles. The number of rotatable bonds is 5. The van der Waals surface area contributed by atoms with E-state index in [1.54, 1.807) is 12.1 Å². The second-order valence-electron chi connectivity index (χ2n) is 4.80. The highest BCUT2D eigenvalue weighted by Crippen LogP contribution is 2.22. The number of thiocarbonyl (C=S) groups is 1. The average molecular weight is 331 g/mol. The number of hydrogen-bond acceptors (Lipinski definition) is 4. The van der Waals surface area contributed by atoms with Crippen molar-refractivity contribution >= 4 is 39.0 Å². The molecule has 20 heavy (non-hydrogen) atoms. The van der Waals surface area contributed by atoms with Crippen LogP contribution in [0.25, 0.3) is 0 Å². The topological polar surface area (TPSA) is 72.2 Å². The fraction of sp³-hybridized carbons (Fsp3) is 0.462. The van der Waals surface area contributed by atoms with E-state index in [1.165, 1.54) is 12.1 Å². The summed E-state index contributed by atoms with van der Waals surface area (Å²) in [5, 5.41) is 0. The Hall–Kier alpha value is -0.630. The number of nitrogens with one attached hydrogen (secondary N) is 1. The van der Waals surface area contributed by atoms with Crippen molar-refractivity contribution in [1.29, 1.82) is 0 Å². The lowest BCUT2D eigenvalue weighted by Gasteiger charge is -2.21. The normalized spacial score (nSPS) is 17.0. The van der Waals surface area contributed by atoms with E-state index in [2.05, 4.69) is 4.72 Å². The molecule has 7 heteroatoms. The first-order valence-electron chi connectivity index (χ1n) is 6.46. The van der Waals surface area contributed by atoms with E-state index in [9.17, 15) is 8.42 Å². The maximum absolute atomic E-state index is 12.2. The molecule has 1 heterocycles. The van der Waals surface area contributed by atoms with Gasteiger partial charge in [0, 0.05) is 12.1 Å². The van der Waals surface area contributed by atoms with Gasteiger partial charge in [0.25, 0.3) is 0 Å². The van der Waals surface area contributed by atoms with Crippen LogP contribution >= 0.6 is 24.0 Å². The molecule has 0 bridgehead atoms. The molecular weight excluding hydrogens is 312 g/mol. The highest BCUT2D eigenvalue weighted by molar-refractivity contribution is 7.99. The minimum Gasteiger partial charge on any atom is -0.389 e. The Morgan fingerprint density at radius 2 is 1.90 bits per heavy atom. The zero-order chi connectivity index (χ0) is 14.6. The smallest absolute Gasteiger partial charge is 0.240 e. The Balaban J connectivity index is 2.00. The first-order chi connectivity index (χ1) is 9.49. The van der Waals surface area contributed by atoms with Crippen molar-refractivity contribution in [1.82, 2.24) is 4.72 Å². The van der Waals surface area contributed by atoms with E-state index >= 15 is 0 Å². The molecule has 1 fully saturated rings. The van der Waals surface area contributed by atoms with Gasteiger partial charge in [-0.3, -0.25) is 0 Å². The van der Waals surface area contributed by atoms with Crippen molar-refractivity contribution < 1.29 is 8.42 Å². The molecule has 2 rings (SSSR count). The van der Waals surface area contributed by atoms with Crippen LogP contribution in [-0.4, -0.2) is 31.5 Å². The van der Waals surface area contributed by atoms with Crippen molar-refractivity contribution in [3.63, 3.8) is 0 Å². The molecule has 0 radical (unpaired) electrons. The fourth-order valence-corrected chi connectivity index (χ4v) is 4.52. The zero-order valence-corrected chi connectivity index (χ0v) is 13.5. The van der Waals surface area contributed by atoms with Gasteiger partial charge in [-0.2, -0.15) is 11.8 Å². The number of nitrogens with two attached hydrogens (primary N) is 1. The summed E-state index contributed by atoms with van der Waals surface area (Å²) in [4.78, 5) is 0.518. The Labute approximate surface area is 129 Å². The average Bonchev–Trinajstić information content (AvgIpc) is 2.46. The minimum absolute atomic E-state index is 0.252. The SMILES string of the molecule is NC(=S)c1ccc(S(=O)(=O)NCC2CCSCC2)cc1. The molecular formula is C13H18N2O2S3. The van der Waals surface area contributed by atoms with Gasteiger partial charge in [-0.1, -0.05) is 24.4 Å². The lowest BCUT2D eigenvalue weighted by molar-refractivity contribution is 0.476. The summed E-state index contributed by atoms with van der Waals surface area (Å²) >= 11 is 6.78. The summed E-state index contributed by atoms with van der Waals surface area (Å²) in [6.07, 6.45) is 2.15. The van der Waals surface area contributed by atoms with E-state index in [0.717, 1.165) is 24.3 Å². The summed E-state index contributed by atoms with van der Waals surface area (Å²) in [5.41, 5.74) is 6.16. The van der Waals surface area contributed by atoms with Crippen LogP contribution in [0, 0.1) is 5.92 Å². The van der Waals surface area contributed by atoms with Crippen LogP contribution in [0.15, 0.2) is 29.2 Å². The Morgan fingerprint density at radius 1 is 1.30 bits per heavy atom. The lowest BCUT2D eigenvalue weighted by atomic mass is 10.0. The van der Waals surface area contributed by atoms with E-state index in [-0.39, 0.29) is 9.88 Å². The molecule has 0 spiro atoms. The monoisotopic (exact) mass is 330 g/mol. The third-order valence-corrected chi connectivity index (χ3v) is 6.08. The van der Waals surface area contributed by atoms with Crippen molar-refractivity contribution in [2.45, 2.75) is 17.7 Å². The van der Waals surface area contributed by atoms with E-state index in [1.807, 2.05) is 11.8 Å². The summed E-state index contributed by atoms with van der Waals surface area (Å²) in [6.45, 7) is 0.514. The van der Waals surface area contributed by atoms with Crippen molar-refractivity contribution in [2.24, 2.45) is 11.7 Å². The molecule has 0 aliphatic carbocycles. The number of sulfonamides is 1. The maximum atomic E-state index is 12.2. The van der Waals surface area contributed by atoms with Gasteiger partial charge < -0.3 is 5.73 Å². The first-order valence-corrected chi connectivity index (χ1v) is 9.51. The third kappa shape index (κ3) is 4.18. The van der Waals surface area contributed by atoms with Crippen LogP contribution in [0.5, 0.6) is 0 Å². The summed E-state index contributed by atoms with van der Waals surface area (Å²) in [6, 6.07) is 6.34. The van der Waals surface area contributed by atoms with E-state index in [4.69, 9.17) is 18.0 Å². The van der Waals surface area contributed by atoms with Crippen LogP contribution in [0.2, 0.25) is 0 Å². The zero-order valence-electron chi connectivity index (χ0n) is 11.0. The highest BCUT2D eigenvalue weighted by Gasteiger charge is 2.18. The summed E-state index contributed by atoms with van der Waals surface area (Å²) < 4.78 is 27.0. The molecule has 1 saturated heterocycles. The van der Waals surface area contributed by atoms with Crippen LogP contribution in [0.3, 0.4) is 0 Å². The number of benzene rings is 1. The van der Waals surface area contributed by atoms with Gasteiger partial charge in [-0.25, -0.2) is 13.1 Å². The minimum atomic E-state index is -3.44. The van der Waals surface area contributed by atoms with Crippen molar-refractivity contribution in [3.05, 3.63) is 29.8 Å². The van der Waals surface area contributed by atoms with Gasteiger partial charge in [-0.15, -0.1) is 0 Å². The van der Waals surface area contributed by atoms with Crippen molar-refractivity contribution in [2.75, 3.05) is 18.1 Å². The van der Waals surface area contributed by atoms with E-state index < -0.39 is 10.0 Å². The molecule has 0 aromatic heterocycles. The maximum Gasteiger partial charge on any atom is 0.240 e. The van der Waals surface area contributed by atoms with E-state index in [0.29, 0.717) is 18.0 Å². The Kier molecular flexibility index (Phi) is 5.42. The summed E-state index contributed by atoms with van der Waals surface area (Å²) in [5.74, 6) is 2.69. The van der Waals surface area contributed by atoms with Crippen LogP contribution < -0.4 is 10.5 Å². The molecule has 1 aromatic rings. The van der Waals surface area contributed by atoms with Gasteiger partial charge >= 0.3 is 0 Å². The van der Waals surface area contributed by atoms with Crippen LogP contribution in [0.1, 0.15) is 18.4 Å². The van der Waals surface area contributed by atoms with Gasteiger partial charge in [0.2, 0.25) is 10.0 Å². The molecule has 0 saturated carbocycles. The second-order valence-corrected chi connectivity index (χ2v) is 8.23. The highest BCUT2D eigenvalue weighted by atomic mass is 32.2. The Bertz CT molecular complexity index is 564. The first kappa shape index (κ1) is 15.8. The third-order valence-electron chi connectivity index (χ3n) is 3.35. The predicted octanol–water partition coefficient (Wildman–Crippen LogP) is 1.74.